The summed E-state index contributed by atoms with van der Waals surface area (Å²) in [7, 11) is 0. The SMILES string of the molecule is CCCCCCC/C=C\CCCCCCCC(=O)NC(COC1OC(CO)C(OC2OC(CO)C(O)C(O)C2O)C(O)C1O)C(O)/C=C/CC/C=C/CCCCCCCCCCCCCCCC. The number of aliphatic hydroxyl groups is 8. The molecule has 2 fully saturated rings. The molecule has 0 aliphatic carbocycles. The third-order valence-electron chi connectivity index (χ3n) is 13.3. The third kappa shape index (κ3) is 27.1. The molecule has 14 heteroatoms. The van der Waals surface area contributed by atoms with Crippen LogP contribution in [0.15, 0.2) is 36.5 Å². The van der Waals surface area contributed by atoms with Gasteiger partial charge in [0, 0.05) is 6.42 Å². The number of carbonyl (C=O) groups excluding carboxylic acids is 1. The molecule has 68 heavy (non-hydrogen) atoms. The largest absolute Gasteiger partial charge is 0.394 e. The van der Waals surface area contributed by atoms with Gasteiger partial charge in [0.2, 0.25) is 5.91 Å². The average Bonchev–Trinajstić information content (AvgIpc) is 3.34. The molecule has 2 aliphatic rings. The maximum absolute atomic E-state index is 13.2. The quantitative estimate of drug-likeness (QED) is 0.0210. The summed E-state index contributed by atoms with van der Waals surface area (Å²) in [6.45, 7) is 2.76. The fourth-order valence-electron chi connectivity index (χ4n) is 8.83. The number of hydrogen-bond donors (Lipinski definition) is 9. The van der Waals surface area contributed by atoms with Crippen molar-refractivity contribution in [2.24, 2.45) is 0 Å². The summed E-state index contributed by atoms with van der Waals surface area (Å²) >= 11 is 0. The minimum atomic E-state index is -1.79. The maximum atomic E-state index is 13.2. The van der Waals surface area contributed by atoms with Gasteiger partial charge in [-0.05, 0) is 57.8 Å². The van der Waals surface area contributed by atoms with Crippen LogP contribution in [0.25, 0.3) is 0 Å². The fraction of sp³-hybridized carbons (Fsp3) is 0.870. The topological polar surface area (TPSA) is 228 Å². The van der Waals surface area contributed by atoms with Crippen LogP contribution in [0, 0.1) is 0 Å². The van der Waals surface area contributed by atoms with Gasteiger partial charge in [0.1, 0.15) is 48.8 Å². The van der Waals surface area contributed by atoms with Gasteiger partial charge in [-0.3, -0.25) is 4.79 Å². The van der Waals surface area contributed by atoms with Crippen LogP contribution >= 0.6 is 0 Å². The minimum absolute atomic E-state index is 0.259. The highest BCUT2D eigenvalue weighted by Gasteiger charge is 2.51. The van der Waals surface area contributed by atoms with E-state index in [0.717, 1.165) is 51.4 Å². The first-order chi connectivity index (χ1) is 33.1. The molecule has 0 saturated carbocycles. The standard InChI is InChI=1S/C54H99NO13/c1-3-5-7-9-11-13-15-17-19-20-21-22-23-24-25-27-29-31-33-35-37-43(58)42(55-46(59)38-36-34-32-30-28-26-18-16-14-12-10-8-6-4-2)41-65-53-51(64)49(62)52(45(40-57)67-53)68-54-50(63)48(61)47(60)44(39-56)66-54/h16,18,27,29,35,37,42-45,47-54,56-58,60-64H,3-15,17,19-26,28,30-34,36,38-41H2,1-2H3,(H,55,59)/b18-16-,29-27+,37-35+. The number of unbranched alkanes of at least 4 members (excludes halogenated alkanes) is 25. The van der Waals surface area contributed by atoms with Gasteiger partial charge < -0.3 is 65.1 Å². The van der Waals surface area contributed by atoms with Crippen molar-refractivity contribution in [1.82, 2.24) is 5.32 Å². The lowest BCUT2D eigenvalue weighted by Crippen LogP contribution is -2.65. The Morgan fingerprint density at radius 3 is 1.44 bits per heavy atom. The molecule has 12 unspecified atom stereocenters. The van der Waals surface area contributed by atoms with Crippen molar-refractivity contribution < 1.29 is 64.6 Å². The maximum Gasteiger partial charge on any atom is 0.220 e. The number of nitrogens with one attached hydrogen (secondary N) is 1. The van der Waals surface area contributed by atoms with Crippen LogP contribution in [0.5, 0.6) is 0 Å². The van der Waals surface area contributed by atoms with Gasteiger partial charge in [0.25, 0.3) is 0 Å². The van der Waals surface area contributed by atoms with Crippen LogP contribution < -0.4 is 5.32 Å². The smallest absolute Gasteiger partial charge is 0.220 e. The number of allylic oxidation sites excluding steroid dienone is 5. The van der Waals surface area contributed by atoms with Crippen molar-refractivity contribution >= 4 is 5.91 Å². The molecule has 0 aromatic carbocycles. The van der Waals surface area contributed by atoms with Gasteiger partial charge in [-0.2, -0.15) is 0 Å². The van der Waals surface area contributed by atoms with E-state index >= 15 is 0 Å². The summed E-state index contributed by atoms with van der Waals surface area (Å²) in [5.74, 6) is -0.259. The highest BCUT2D eigenvalue weighted by atomic mass is 16.7. The van der Waals surface area contributed by atoms with E-state index in [0.29, 0.717) is 12.8 Å². The van der Waals surface area contributed by atoms with Gasteiger partial charge in [0.15, 0.2) is 12.6 Å². The van der Waals surface area contributed by atoms with E-state index in [1.807, 2.05) is 6.08 Å². The summed E-state index contributed by atoms with van der Waals surface area (Å²) in [5, 5.41) is 86.8. The Morgan fingerprint density at radius 1 is 0.515 bits per heavy atom. The Kier molecular flexibility index (Phi) is 37.4. The van der Waals surface area contributed by atoms with E-state index in [9.17, 15) is 45.6 Å². The molecule has 398 valence electrons. The fourth-order valence-corrected chi connectivity index (χ4v) is 8.83. The summed E-state index contributed by atoms with van der Waals surface area (Å²) in [6, 6.07) is -0.934. The normalized spacial score (nSPS) is 26.6. The summed E-state index contributed by atoms with van der Waals surface area (Å²) in [4.78, 5) is 13.2. The second-order valence-corrected chi connectivity index (χ2v) is 19.3. The Labute approximate surface area is 411 Å². The van der Waals surface area contributed by atoms with Gasteiger partial charge in [-0.15, -0.1) is 0 Å². The molecule has 0 spiro atoms. The van der Waals surface area contributed by atoms with Gasteiger partial charge in [-0.25, -0.2) is 0 Å². The lowest BCUT2D eigenvalue weighted by atomic mass is 9.97. The molecular weight excluding hydrogens is 871 g/mol. The van der Waals surface area contributed by atoms with Crippen molar-refractivity contribution in [3.8, 4) is 0 Å². The first-order valence-corrected chi connectivity index (χ1v) is 27.2. The lowest BCUT2D eigenvalue weighted by molar-refractivity contribution is -0.359. The molecule has 0 bridgehead atoms. The molecule has 0 radical (unpaired) electrons. The highest BCUT2D eigenvalue weighted by molar-refractivity contribution is 5.76. The van der Waals surface area contributed by atoms with Crippen molar-refractivity contribution in [3.05, 3.63) is 36.5 Å². The van der Waals surface area contributed by atoms with Crippen LogP contribution in [0.2, 0.25) is 0 Å². The van der Waals surface area contributed by atoms with Crippen LogP contribution in [-0.4, -0.2) is 140 Å². The van der Waals surface area contributed by atoms with Crippen LogP contribution in [0.3, 0.4) is 0 Å². The third-order valence-corrected chi connectivity index (χ3v) is 13.3. The lowest BCUT2D eigenvalue weighted by Gasteiger charge is -2.46. The number of amides is 1. The van der Waals surface area contributed by atoms with Crippen LogP contribution in [0.1, 0.15) is 206 Å². The number of hydrogen-bond acceptors (Lipinski definition) is 13. The summed E-state index contributed by atoms with van der Waals surface area (Å²) in [6.07, 6.45) is 30.4. The van der Waals surface area contributed by atoms with Gasteiger partial charge in [-0.1, -0.05) is 179 Å². The zero-order chi connectivity index (χ0) is 49.6. The molecule has 14 nitrogen and oxygen atoms in total. The highest BCUT2D eigenvalue weighted by Crippen LogP contribution is 2.30. The minimum Gasteiger partial charge on any atom is -0.394 e. The van der Waals surface area contributed by atoms with E-state index in [1.165, 1.54) is 122 Å². The predicted molar refractivity (Wildman–Crippen MR) is 268 cm³/mol. The number of aliphatic hydroxyl groups excluding tert-OH is 8. The van der Waals surface area contributed by atoms with E-state index in [1.54, 1.807) is 6.08 Å². The zero-order valence-corrected chi connectivity index (χ0v) is 42.3. The second-order valence-electron chi connectivity index (χ2n) is 19.3. The van der Waals surface area contributed by atoms with Gasteiger partial charge in [0.05, 0.1) is 32.0 Å². The molecule has 2 aliphatic heterocycles. The predicted octanol–water partition coefficient (Wildman–Crippen LogP) is 7.88. The Balaban J connectivity index is 1.84. The zero-order valence-electron chi connectivity index (χ0n) is 42.3. The van der Waals surface area contributed by atoms with Crippen molar-refractivity contribution in [3.63, 3.8) is 0 Å². The molecule has 0 aromatic heterocycles. The summed E-state index contributed by atoms with van der Waals surface area (Å²) in [5.41, 5.74) is 0. The van der Waals surface area contributed by atoms with Crippen LogP contribution in [-0.2, 0) is 23.7 Å². The molecule has 9 N–H and O–H groups in total. The molecule has 12 atom stereocenters. The first kappa shape index (κ1) is 62.3. The Morgan fingerprint density at radius 2 is 0.941 bits per heavy atom. The van der Waals surface area contributed by atoms with E-state index in [2.05, 4.69) is 43.5 Å². The molecule has 2 heterocycles. The monoisotopic (exact) mass is 970 g/mol. The summed E-state index contributed by atoms with van der Waals surface area (Å²) < 4.78 is 22.7. The molecular formula is C54H99NO13. The van der Waals surface area contributed by atoms with Crippen molar-refractivity contribution in [2.75, 3.05) is 19.8 Å². The number of rotatable bonds is 42. The second kappa shape index (κ2) is 40.8. The molecule has 2 saturated heterocycles. The molecule has 0 aromatic rings. The Hall–Kier alpha value is -1.79. The van der Waals surface area contributed by atoms with E-state index in [4.69, 9.17) is 18.9 Å². The first-order valence-electron chi connectivity index (χ1n) is 27.2. The van der Waals surface area contributed by atoms with E-state index < -0.39 is 86.8 Å². The average molecular weight is 970 g/mol. The van der Waals surface area contributed by atoms with Crippen molar-refractivity contribution in [2.45, 2.75) is 280 Å². The number of ether oxygens (including phenoxy) is 4. The molecule has 1 amide bonds. The van der Waals surface area contributed by atoms with Gasteiger partial charge >= 0.3 is 0 Å². The number of carbonyl (C=O) groups is 1. The van der Waals surface area contributed by atoms with E-state index in [-0.39, 0.29) is 18.9 Å². The molecule has 2 rings (SSSR count). The Bertz CT molecular complexity index is 1280. The van der Waals surface area contributed by atoms with Crippen LogP contribution in [0.4, 0.5) is 0 Å². The van der Waals surface area contributed by atoms with Crippen molar-refractivity contribution in [1.29, 1.82) is 0 Å².